The van der Waals surface area contributed by atoms with Crippen LogP contribution in [0, 0.1) is 0 Å². The smallest absolute Gasteiger partial charge is 0.314 e. The van der Waals surface area contributed by atoms with Crippen LogP contribution >= 0.6 is 0 Å². The molecule has 1 saturated carbocycles. The third-order valence-corrected chi connectivity index (χ3v) is 6.07. The summed E-state index contributed by atoms with van der Waals surface area (Å²) in [6, 6.07) is 0.708. The van der Waals surface area contributed by atoms with E-state index < -0.39 is 0 Å². The minimum atomic E-state index is -0.169. The van der Waals surface area contributed by atoms with Crippen LogP contribution in [0.5, 0.6) is 0 Å². The Kier molecular flexibility index (Phi) is 3.63. The van der Waals surface area contributed by atoms with Gasteiger partial charge in [-0.25, -0.2) is 9.59 Å². The van der Waals surface area contributed by atoms with E-state index in [1.165, 1.54) is 19.3 Å². The van der Waals surface area contributed by atoms with E-state index in [1.54, 1.807) is 0 Å². The Morgan fingerprint density at radius 1 is 1.13 bits per heavy atom. The summed E-state index contributed by atoms with van der Waals surface area (Å²) in [6.45, 7) is 5.54. The zero-order valence-electron chi connectivity index (χ0n) is 14.1. The van der Waals surface area contributed by atoms with Crippen molar-refractivity contribution in [1.82, 2.24) is 24.9 Å². The largest absolute Gasteiger partial charge is 0.324 e. The second-order valence-corrected chi connectivity index (χ2v) is 7.36. The number of hydrogen-bond donors (Lipinski definition) is 1. The number of nitrogens with one attached hydrogen (secondary N) is 1. The van der Waals surface area contributed by atoms with Crippen LogP contribution in [0.15, 0.2) is 0 Å². The van der Waals surface area contributed by atoms with Gasteiger partial charge in [0.05, 0.1) is 13.3 Å². The molecule has 4 amide bonds. The van der Waals surface area contributed by atoms with Crippen LogP contribution in [-0.2, 0) is 0 Å². The van der Waals surface area contributed by atoms with E-state index in [0.717, 1.165) is 19.3 Å². The van der Waals surface area contributed by atoms with Crippen molar-refractivity contribution in [3.8, 4) is 0 Å². The number of amides is 4. The zero-order valence-corrected chi connectivity index (χ0v) is 14.1. The van der Waals surface area contributed by atoms with Crippen molar-refractivity contribution in [2.45, 2.75) is 76.8 Å². The summed E-state index contributed by atoms with van der Waals surface area (Å²) >= 11 is 0. The number of carbonyl (C=O) groups is 2. The molecule has 1 aliphatic carbocycles. The van der Waals surface area contributed by atoms with Crippen molar-refractivity contribution < 1.29 is 9.59 Å². The number of nitrogens with zero attached hydrogens (tertiary/aromatic N) is 4. The molecule has 3 aliphatic heterocycles. The highest BCUT2D eigenvalue weighted by Gasteiger charge is 2.59. The second-order valence-electron chi connectivity index (χ2n) is 7.36. The molecular formula is C16H27N5O2. The first-order valence-corrected chi connectivity index (χ1v) is 9.02. The van der Waals surface area contributed by atoms with E-state index in [9.17, 15) is 9.59 Å². The first-order valence-electron chi connectivity index (χ1n) is 9.02. The van der Waals surface area contributed by atoms with Crippen molar-refractivity contribution in [3.63, 3.8) is 0 Å². The molecule has 4 rings (SSSR count). The molecule has 7 heteroatoms. The molecule has 4 aliphatic rings. The van der Waals surface area contributed by atoms with Gasteiger partial charge in [0.15, 0.2) is 6.17 Å². The minimum absolute atomic E-state index is 0.0358. The molecule has 0 radical (unpaired) electrons. The lowest BCUT2D eigenvalue weighted by molar-refractivity contribution is -0.0291. The van der Waals surface area contributed by atoms with Gasteiger partial charge >= 0.3 is 12.1 Å². The maximum Gasteiger partial charge on any atom is 0.324 e. The number of hydrogen-bond acceptors (Lipinski definition) is 3. The van der Waals surface area contributed by atoms with Gasteiger partial charge in [0, 0.05) is 12.1 Å². The topological polar surface area (TPSA) is 59.1 Å². The first-order chi connectivity index (χ1) is 11.1. The van der Waals surface area contributed by atoms with Gasteiger partial charge in [-0.15, -0.1) is 0 Å². The van der Waals surface area contributed by atoms with Gasteiger partial charge in [-0.05, 0) is 26.2 Å². The van der Waals surface area contributed by atoms with E-state index in [2.05, 4.69) is 24.1 Å². The van der Waals surface area contributed by atoms with Crippen molar-refractivity contribution in [2.75, 3.05) is 13.3 Å². The lowest BCUT2D eigenvalue weighted by Gasteiger charge is -2.43. The van der Waals surface area contributed by atoms with E-state index in [-0.39, 0.29) is 30.4 Å². The molecule has 3 atom stereocenters. The normalized spacial score (nSPS) is 33.2. The third kappa shape index (κ3) is 2.20. The molecule has 0 spiro atoms. The van der Waals surface area contributed by atoms with Crippen molar-refractivity contribution in [2.24, 2.45) is 0 Å². The minimum Gasteiger partial charge on any atom is -0.314 e. The van der Waals surface area contributed by atoms with E-state index in [4.69, 9.17) is 0 Å². The summed E-state index contributed by atoms with van der Waals surface area (Å²) in [4.78, 5) is 33.4. The van der Waals surface area contributed by atoms with E-state index in [1.807, 2.05) is 14.7 Å². The van der Waals surface area contributed by atoms with Crippen LogP contribution in [0.4, 0.5) is 9.59 Å². The highest BCUT2D eigenvalue weighted by molar-refractivity contribution is 5.85. The Morgan fingerprint density at radius 2 is 1.83 bits per heavy atom. The fourth-order valence-electron chi connectivity index (χ4n) is 4.51. The summed E-state index contributed by atoms with van der Waals surface area (Å²) in [5.41, 5.74) is 0. The highest BCUT2D eigenvalue weighted by Crippen LogP contribution is 2.37. The summed E-state index contributed by atoms with van der Waals surface area (Å²) in [6.07, 6.45) is 6.47. The molecule has 1 N–H and O–H groups in total. The maximum atomic E-state index is 13.0. The van der Waals surface area contributed by atoms with Gasteiger partial charge in [0.25, 0.3) is 0 Å². The van der Waals surface area contributed by atoms with Crippen LogP contribution < -0.4 is 5.32 Å². The van der Waals surface area contributed by atoms with E-state index in [0.29, 0.717) is 19.4 Å². The Morgan fingerprint density at radius 3 is 2.52 bits per heavy atom. The quantitative estimate of drug-likeness (QED) is 0.862. The fourth-order valence-corrected chi connectivity index (χ4v) is 4.51. The summed E-state index contributed by atoms with van der Waals surface area (Å²) in [7, 11) is 0. The van der Waals surface area contributed by atoms with Crippen molar-refractivity contribution in [3.05, 3.63) is 0 Å². The first kappa shape index (κ1) is 15.1. The maximum absolute atomic E-state index is 13.0. The predicted octanol–water partition coefficient (Wildman–Crippen LogP) is 1.76. The van der Waals surface area contributed by atoms with Crippen LogP contribution in [0.25, 0.3) is 0 Å². The van der Waals surface area contributed by atoms with Crippen LogP contribution in [-0.4, -0.2) is 69.4 Å². The summed E-state index contributed by atoms with van der Waals surface area (Å²) in [5.74, 6) is 0. The van der Waals surface area contributed by atoms with Crippen molar-refractivity contribution >= 4 is 12.1 Å². The zero-order chi connectivity index (χ0) is 16.1. The molecule has 4 fully saturated rings. The van der Waals surface area contributed by atoms with Gasteiger partial charge in [0.1, 0.15) is 6.17 Å². The Labute approximate surface area is 137 Å². The highest BCUT2D eigenvalue weighted by atomic mass is 16.2. The lowest BCUT2D eigenvalue weighted by Crippen LogP contribution is -2.61. The van der Waals surface area contributed by atoms with E-state index >= 15 is 0 Å². The molecule has 0 unspecified atom stereocenters. The van der Waals surface area contributed by atoms with Gasteiger partial charge in [0.2, 0.25) is 0 Å². The van der Waals surface area contributed by atoms with Crippen LogP contribution in [0.2, 0.25) is 0 Å². The van der Waals surface area contributed by atoms with Gasteiger partial charge < -0.3 is 5.32 Å². The molecule has 3 heterocycles. The number of rotatable bonds is 3. The molecule has 0 aromatic heterocycles. The summed E-state index contributed by atoms with van der Waals surface area (Å²) in [5, 5.41) is 3.07. The molecule has 0 aromatic rings. The predicted molar refractivity (Wildman–Crippen MR) is 85.2 cm³/mol. The molecule has 7 nitrogen and oxygen atoms in total. The fraction of sp³-hybridized carbons (Fsp3) is 0.875. The lowest BCUT2D eigenvalue weighted by atomic mass is 9.94. The second kappa shape index (κ2) is 5.54. The average molecular weight is 321 g/mol. The molecule has 23 heavy (non-hydrogen) atoms. The third-order valence-electron chi connectivity index (χ3n) is 6.07. The standard InChI is InChI=1S/C16H27N5O2/c1-3-11(2)18-9-19-14-13(17-15(19)22)21(16(23)20(14)10-18)12-7-5-4-6-8-12/h11-14H,3-10H2,1-2H3,(H,17,22)/t11-,13+,14+/m0/s1. The molecule has 128 valence electrons. The number of carbonyl (C=O) groups excluding carboxylic acids is 2. The van der Waals surface area contributed by atoms with Gasteiger partial charge in [-0.1, -0.05) is 26.2 Å². The van der Waals surface area contributed by atoms with Crippen molar-refractivity contribution in [1.29, 1.82) is 0 Å². The monoisotopic (exact) mass is 321 g/mol. The molecular weight excluding hydrogens is 294 g/mol. The van der Waals surface area contributed by atoms with Gasteiger partial charge in [-0.3, -0.25) is 19.6 Å². The number of urea groups is 2. The van der Waals surface area contributed by atoms with Crippen LogP contribution in [0.1, 0.15) is 52.4 Å². The SMILES string of the molecule is CC[C@H](C)N1CN2C(=O)N[C@H]3[C@H]2N(C1)C(=O)N3C1CCCCC1. The Hall–Kier alpha value is -1.50. The van der Waals surface area contributed by atoms with Crippen LogP contribution in [0.3, 0.4) is 0 Å². The molecule has 0 bridgehead atoms. The average Bonchev–Trinajstić information content (AvgIpc) is 3.05. The molecule has 0 aromatic carbocycles. The van der Waals surface area contributed by atoms with Gasteiger partial charge in [-0.2, -0.15) is 0 Å². The summed E-state index contributed by atoms with van der Waals surface area (Å²) < 4.78 is 0. The molecule has 3 saturated heterocycles. The Balaban J connectivity index is 1.61. The Bertz CT molecular complexity index is 507.